The van der Waals surface area contributed by atoms with E-state index in [1.807, 2.05) is 82.6 Å². The molecule has 0 N–H and O–H groups in total. The molecule has 10 heteroatoms. The van der Waals surface area contributed by atoms with Crippen molar-refractivity contribution in [1.82, 2.24) is 0 Å². The fourth-order valence-corrected chi connectivity index (χ4v) is 11.1. The van der Waals surface area contributed by atoms with Gasteiger partial charge in [0.05, 0.1) is 39.8 Å². The summed E-state index contributed by atoms with van der Waals surface area (Å²) in [6.07, 6.45) is -4.28. The van der Waals surface area contributed by atoms with Gasteiger partial charge >= 0.3 is 12.4 Å². The zero-order valence-electron chi connectivity index (χ0n) is 40.4. The Morgan fingerprint density at radius 2 is 0.972 bits per heavy atom. The van der Waals surface area contributed by atoms with Crippen LogP contribution in [0.4, 0.5) is 54.8 Å². The number of benzene rings is 9. The molecule has 10 aromatic rings. The normalized spacial score (nSPS) is 15.3. The largest absolute Gasteiger partial charge is 0.458 e. The number of nitrogens with zero attached hydrogens (tertiary/aromatic N) is 2. The molecule has 1 unspecified atom stereocenters. The van der Waals surface area contributed by atoms with E-state index in [1.165, 1.54) is 24.3 Å². The van der Waals surface area contributed by atoms with Gasteiger partial charge in [-0.1, -0.05) is 133 Å². The van der Waals surface area contributed by atoms with Crippen molar-refractivity contribution >= 4 is 82.7 Å². The number of fused-ring (bicyclic) bond motifs is 6. The molecule has 1 atom stereocenters. The number of anilines is 5. The Kier molecular flexibility index (Phi) is 10.0. The number of furan rings is 1. The molecule has 0 spiro atoms. The molecule has 9 aromatic carbocycles. The molecule has 1 aliphatic carbocycles. The molecule has 12 rings (SSSR count). The molecule has 72 heavy (non-hydrogen) atoms. The van der Waals surface area contributed by atoms with Gasteiger partial charge < -0.3 is 19.0 Å². The minimum absolute atomic E-state index is 0.117. The van der Waals surface area contributed by atoms with Crippen molar-refractivity contribution in [2.24, 2.45) is 0 Å². The first-order valence-corrected chi connectivity index (χ1v) is 24.1. The average Bonchev–Trinajstić information content (AvgIpc) is 3.93. The van der Waals surface area contributed by atoms with Crippen molar-refractivity contribution in [3.63, 3.8) is 0 Å². The molecule has 2 heterocycles. The fraction of sp³-hybridized carbons (Fsp3) is 0.194. The lowest BCUT2D eigenvalue weighted by Crippen LogP contribution is -2.22. The summed E-state index contributed by atoms with van der Waals surface area (Å²) in [5.74, 6) is 1.42. The molecule has 1 aliphatic heterocycles. The van der Waals surface area contributed by atoms with Crippen molar-refractivity contribution in [1.29, 1.82) is 0 Å². The van der Waals surface area contributed by atoms with Crippen molar-refractivity contribution in [2.45, 2.75) is 77.1 Å². The predicted molar refractivity (Wildman–Crippen MR) is 279 cm³/mol. The van der Waals surface area contributed by atoms with Gasteiger partial charge in [0.25, 0.3) is 0 Å². The lowest BCUT2D eigenvalue weighted by atomic mass is 9.83. The van der Waals surface area contributed by atoms with Gasteiger partial charge in [0.2, 0.25) is 0 Å². The highest BCUT2D eigenvalue weighted by atomic mass is 19.4. The predicted octanol–water partition coefficient (Wildman–Crippen LogP) is 19.1. The van der Waals surface area contributed by atoms with Crippen LogP contribution in [0.2, 0.25) is 0 Å². The molecule has 0 bridgehead atoms. The summed E-state index contributed by atoms with van der Waals surface area (Å²) in [5, 5.41) is 7.16. The summed E-state index contributed by atoms with van der Waals surface area (Å²) in [4.78, 5) is 3.99. The summed E-state index contributed by atoms with van der Waals surface area (Å²) in [6, 6.07) is 45.0. The van der Waals surface area contributed by atoms with Crippen molar-refractivity contribution < 1.29 is 35.5 Å². The van der Waals surface area contributed by atoms with E-state index in [4.69, 9.17) is 9.15 Å². The van der Waals surface area contributed by atoms with Gasteiger partial charge in [-0.3, -0.25) is 0 Å². The first-order chi connectivity index (χ1) is 34.3. The van der Waals surface area contributed by atoms with Crippen LogP contribution in [0.15, 0.2) is 180 Å². The van der Waals surface area contributed by atoms with Crippen LogP contribution in [0.5, 0.6) is 5.75 Å². The number of allylic oxidation sites excluding steroid dienone is 3. The monoisotopic (exact) mass is 966 g/mol. The number of hydrogen-bond donors (Lipinski definition) is 0. The van der Waals surface area contributed by atoms with Crippen LogP contribution in [-0.4, -0.2) is 0 Å². The Morgan fingerprint density at radius 3 is 1.54 bits per heavy atom. The van der Waals surface area contributed by atoms with E-state index in [0.29, 0.717) is 40.5 Å². The second-order valence-electron chi connectivity index (χ2n) is 21.1. The van der Waals surface area contributed by atoms with E-state index in [0.717, 1.165) is 107 Å². The standard InChI is InChI=1S/C62H48F6N2O2/c1-59(2,3)47-15-7-11-41-43-13-9-17-51(57(43)71-55(41)47)69(39-27-23-37(24-28-39)61(63,64)65)49-33-21-35-20-32-46-50(34-22-36-19-31-45(49)53(35)54(36)46)70(40-29-25-38(26-30-40)62(66,67)68)52-18-10-14-44-42-12-8-16-48(60(4,5)6)56(42)72-58(44)52/h7-13,15-34,44H,14H2,1-6H3. The minimum atomic E-state index is -4.54. The van der Waals surface area contributed by atoms with Gasteiger partial charge in [0, 0.05) is 49.6 Å². The van der Waals surface area contributed by atoms with Crippen LogP contribution in [0.1, 0.15) is 81.7 Å². The first-order valence-electron chi connectivity index (χ1n) is 24.1. The molecular formula is C62H48F6N2O2. The molecule has 0 fully saturated rings. The number of rotatable bonds is 6. The molecule has 0 amide bonds. The zero-order valence-corrected chi connectivity index (χ0v) is 40.4. The molecule has 1 aromatic heterocycles. The maximum Gasteiger partial charge on any atom is 0.416 e. The molecule has 0 radical (unpaired) electrons. The first kappa shape index (κ1) is 45.4. The second-order valence-corrected chi connectivity index (χ2v) is 21.1. The second kappa shape index (κ2) is 15.9. The van der Waals surface area contributed by atoms with Crippen molar-refractivity contribution in [3.05, 3.63) is 203 Å². The molecule has 4 nitrogen and oxygen atoms in total. The molecule has 360 valence electrons. The number of alkyl halides is 6. The molecular weight excluding hydrogens is 919 g/mol. The maximum atomic E-state index is 14.1. The van der Waals surface area contributed by atoms with Crippen LogP contribution in [0.3, 0.4) is 0 Å². The summed E-state index contributed by atoms with van der Waals surface area (Å²) >= 11 is 0. The highest BCUT2D eigenvalue weighted by molar-refractivity contribution is 6.28. The third-order valence-electron chi connectivity index (χ3n) is 14.5. The summed E-state index contributed by atoms with van der Waals surface area (Å²) in [7, 11) is 0. The third kappa shape index (κ3) is 7.20. The van der Waals surface area contributed by atoms with Gasteiger partial charge in [0.15, 0.2) is 5.58 Å². The van der Waals surface area contributed by atoms with Gasteiger partial charge in [0.1, 0.15) is 17.1 Å². The van der Waals surface area contributed by atoms with E-state index in [1.54, 1.807) is 0 Å². The van der Waals surface area contributed by atoms with E-state index in [9.17, 15) is 26.3 Å². The van der Waals surface area contributed by atoms with Crippen molar-refractivity contribution in [2.75, 3.05) is 9.80 Å². The zero-order chi connectivity index (χ0) is 50.2. The van der Waals surface area contributed by atoms with Crippen LogP contribution >= 0.6 is 0 Å². The average molecular weight is 967 g/mol. The van der Waals surface area contributed by atoms with E-state index >= 15 is 0 Å². The SMILES string of the molecule is CC(C)(C)c1cccc2c1OC1=C(N(c3ccc(C(F)(F)F)cc3)c3ccc4ccc5c(N(c6ccc(C(F)(F)F)cc6)c6cccc7c6oc6c(C(C)(C)C)cccc67)ccc6ccc3c4c65)C=CCC12. The number of para-hydroxylation sites is 3. The Labute approximate surface area is 412 Å². The van der Waals surface area contributed by atoms with Crippen LogP contribution in [0, 0.1) is 0 Å². The maximum absolute atomic E-state index is 14.1. The smallest absolute Gasteiger partial charge is 0.416 e. The third-order valence-corrected chi connectivity index (χ3v) is 14.5. The van der Waals surface area contributed by atoms with E-state index in [2.05, 4.69) is 84.0 Å². The Balaban J connectivity index is 1.10. The molecule has 0 saturated carbocycles. The molecule has 0 saturated heterocycles. The van der Waals surface area contributed by atoms with Gasteiger partial charge in [-0.25, -0.2) is 0 Å². The number of ether oxygens (including phenoxy) is 1. The topological polar surface area (TPSA) is 28.9 Å². The Morgan fingerprint density at radius 1 is 0.472 bits per heavy atom. The van der Waals surface area contributed by atoms with Crippen molar-refractivity contribution in [3.8, 4) is 5.75 Å². The fourth-order valence-electron chi connectivity index (χ4n) is 11.1. The highest BCUT2D eigenvalue weighted by Gasteiger charge is 2.39. The van der Waals surface area contributed by atoms with E-state index in [-0.39, 0.29) is 16.7 Å². The highest BCUT2D eigenvalue weighted by Crippen LogP contribution is 2.54. The number of hydrogen-bond acceptors (Lipinski definition) is 4. The summed E-state index contributed by atoms with van der Waals surface area (Å²) < 4.78 is 98.7. The number of halogens is 6. The van der Waals surface area contributed by atoms with Gasteiger partial charge in [-0.2, -0.15) is 26.3 Å². The summed E-state index contributed by atoms with van der Waals surface area (Å²) in [6.45, 7) is 12.8. The lowest BCUT2D eigenvalue weighted by molar-refractivity contribution is -0.138. The van der Waals surface area contributed by atoms with Crippen LogP contribution in [0.25, 0.3) is 54.3 Å². The quantitative estimate of drug-likeness (QED) is 0.123. The van der Waals surface area contributed by atoms with Crippen LogP contribution in [-0.2, 0) is 23.2 Å². The van der Waals surface area contributed by atoms with Gasteiger partial charge in [-0.15, -0.1) is 0 Å². The van der Waals surface area contributed by atoms with Gasteiger partial charge in [-0.05, 0) is 112 Å². The lowest BCUT2D eigenvalue weighted by Gasteiger charge is -2.32. The summed E-state index contributed by atoms with van der Waals surface area (Å²) in [5.41, 5.74) is 6.32. The van der Waals surface area contributed by atoms with E-state index < -0.39 is 23.5 Å². The Hall–Kier alpha value is -7.72. The Bertz CT molecular complexity index is 3870. The molecule has 2 aliphatic rings. The van der Waals surface area contributed by atoms with Crippen LogP contribution < -0.4 is 14.5 Å². The minimum Gasteiger partial charge on any atom is -0.458 e.